The van der Waals surface area contributed by atoms with E-state index in [4.69, 9.17) is 24.2 Å². The molecule has 0 atom stereocenters. The van der Waals surface area contributed by atoms with E-state index in [2.05, 4.69) is 15.2 Å². The van der Waals surface area contributed by atoms with E-state index in [1.165, 1.54) is 35.7 Å². The molecule has 1 aliphatic heterocycles. The van der Waals surface area contributed by atoms with Crippen molar-refractivity contribution in [3.05, 3.63) is 35.7 Å². The number of amides is 1. The van der Waals surface area contributed by atoms with Crippen LogP contribution in [0.25, 0.3) is 20.4 Å². The molecule has 1 amide bonds. The first-order valence-corrected chi connectivity index (χ1v) is 14.5. The number of rotatable bonds is 7. The van der Waals surface area contributed by atoms with Crippen LogP contribution in [-0.2, 0) is 22.4 Å². The van der Waals surface area contributed by atoms with Crippen LogP contribution in [0.4, 0.5) is 11.5 Å². The fraction of sp³-hybridized carbons (Fsp3) is 0.407. The molecule has 3 aromatic heterocycles. The van der Waals surface area contributed by atoms with Crippen LogP contribution >= 0.6 is 23.1 Å². The first-order valence-electron chi connectivity index (χ1n) is 12.7. The van der Waals surface area contributed by atoms with Gasteiger partial charge in [0.15, 0.2) is 0 Å². The number of thiophene rings is 1. The van der Waals surface area contributed by atoms with Crippen molar-refractivity contribution in [3.8, 4) is 11.5 Å². The molecule has 1 fully saturated rings. The number of ether oxygens (including phenoxy) is 3. The Morgan fingerprint density at radius 3 is 2.74 bits per heavy atom. The fourth-order valence-electron chi connectivity index (χ4n) is 5.18. The summed E-state index contributed by atoms with van der Waals surface area (Å²) in [5, 5.41) is 4.89. The number of thioether (sulfide) groups is 1. The summed E-state index contributed by atoms with van der Waals surface area (Å²) in [6.07, 6.45) is 6.05. The zero-order valence-electron chi connectivity index (χ0n) is 21.4. The molecule has 2 aliphatic rings. The molecule has 1 aliphatic carbocycles. The maximum atomic E-state index is 12.8. The van der Waals surface area contributed by atoms with Crippen LogP contribution in [0, 0.1) is 0 Å². The van der Waals surface area contributed by atoms with E-state index in [1.54, 1.807) is 50.1 Å². The van der Waals surface area contributed by atoms with Crippen molar-refractivity contribution >= 4 is 60.9 Å². The van der Waals surface area contributed by atoms with Crippen LogP contribution in [0.15, 0.2) is 29.6 Å². The van der Waals surface area contributed by atoms with Gasteiger partial charge in [-0.05, 0) is 48.9 Å². The number of morpholine rings is 1. The molecule has 38 heavy (non-hydrogen) atoms. The number of hydrogen-bond donors (Lipinski definition) is 1. The Morgan fingerprint density at radius 2 is 1.95 bits per heavy atom. The quantitative estimate of drug-likeness (QED) is 0.259. The van der Waals surface area contributed by atoms with Gasteiger partial charge in [-0.1, -0.05) is 11.8 Å². The summed E-state index contributed by atoms with van der Waals surface area (Å²) < 4.78 is 17.2. The van der Waals surface area contributed by atoms with Gasteiger partial charge in [0.2, 0.25) is 5.91 Å². The van der Waals surface area contributed by atoms with Crippen LogP contribution in [-0.4, -0.2) is 67.1 Å². The fourth-order valence-corrected chi connectivity index (χ4v) is 7.21. The van der Waals surface area contributed by atoms with Gasteiger partial charge < -0.3 is 24.4 Å². The highest BCUT2D eigenvalue weighted by atomic mass is 32.2. The molecular weight excluding hydrogens is 522 g/mol. The van der Waals surface area contributed by atoms with Crippen molar-refractivity contribution in [1.29, 1.82) is 0 Å². The van der Waals surface area contributed by atoms with E-state index in [1.807, 2.05) is 0 Å². The maximum absolute atomic E-state index is 12.8. The zero-order valence-corrected chi connectivity index (χ0v) is 23.0. The molecule has 4 aromatic rings. The minimum Gasteiger partial charge on any atom is -0.497 e. The van der Waals surface area contributed by atoms with Crippen molar-refractivity contribution in [3.63, 3.8) is 0 Å². The monoisotopic (exact) mass is 551 g/mol. The Balaban J connectivity index is 1.30. The number of fused-ring (bicyclic) bond motifs is 5. The third kappa shape index (κ3) is 4.74. The molecule has 0 radical (unpaired) electrons. The standard InChI is InChI=1S/C27H29N5O4S2/c1-34-16-7-8-19(20(13-16)35-2)30-21(33)14-37-27-24-23(28-15-29-27)22-17-5-3-4-6-18(17)25(31-26(22)38-24)32-9-11-36-12-10-32/h7-8,13,15H,3-6,9-12,14H2,1-2H3,(H,30,33). The van der Waals surface area contributed by atoms with Gasteiger partial charge in [-0.3, -0.25) is 4.79 Å². The largest absolute Gasteiger partial charge is 0.497 e. The van der Waals surface area contributed by atoms with E-state index < -0.39 is 0 Å². The molecule has 4 heterocycles. The molecule has 1 aromatic carbocycles. The molecule has 1 N–H and O–H groups in total. The molecule has 0 spiro atoms. The molecule has 9 nitrogen and oxygen atoms in total. The lowest BCUT2D eigenvalue weighted by Crippen LogP contribution is -2.37. The minimum atomic E-state index is -0.142. The molecule has 1 saturated heterocycles. The number of aromatic nitrogens is 3. The summed E-state index contributed by atoms with van der Waals surface area (Å²) in [7, 11) is 3.16. The predicted molar refractivity (Wildman–Crippen MR) is 151 cm³/mol. The first kappa shape index (κ1) is 25.1. The highest BCUT2D eigenvalue weighted by molar-refractivity contribution is 8.00. The number of nitrogens with zero attached hydrogens (tertiary/aromatic N) is 4. The number of nitrogens with one attached hydrogen (secondary N) is 1. The van der Waals surface area contributed by atoms with Crippen LogP contribution in [0.5, 0.6) is 11.5 Å². The van der Waals surface area contributed by atoms with Crippen LogP contribution < -0.4 is 19.7 Å². The van der Waals surface area contributed by atoms with Crippen LogP contribution in [0.1, 0.15) is 24.0 Å². The topological polar surface area (TPSA) is 98.7 Å². The molecule has 0 unspecified atom stereocenters. The molecule has 6 rings (SSSR count). The van der Waals surface area contributed by atoms with Crippen molar-refractivity contribution in [2.45, 2.75) is 30.7 Å². The normalized spacial score (nSPS) is 15.5. The second-order valence-electron chi connectivity index (χ2n) is 9.24. The summed E-state index contributed by atoms with van der Waals surface area (Å²) in [6, 6.07) is 5.30. The number of benzene rings is 1. The first-order chi connectivity index (χ1) is 18.7. The van der Waals surface area contributed by atoms with Gasteiger partial charge in [-0.2, -0.15) is 0 Å². The Morgan fingerprint density at radius 1 is 1.13 bits per heavy atom. The van der Waals surface area contributed by atoms with E-state index in [0.717, 1.165) is 70.4 Å². The summed E-state index contributed by atoms with van der Waals surface area (Å²) >= 11 is 3.03. The Kier molecular flexibility index (Phi) is 7.22. The molecular formula is C27H29N5O4S2. The molecule has 198 valence electrons. The summed E-state index contributed by atoms with van der Waals surface area (Å²) in [5.74, 6) is 2.38. The second-order valence-corrected chi connectivity index (χ2v) is 11.2. The maximum Gasteiger partial charge on any atom is 0.234 e. The SMILES string of the molecule is COc1ccc(NC(=O)CSc2ncnc3c2sc2nc(N4CCOCC4)c4c(c23)CCCC4)c(OC)c1. The molecule has 0 bridgehead atoms. The number of carbonyl (C=O) groups is 1. The third-order valence-corrected chi connectivity index (χ3v) is 9.20. The van der Waals surface area contributed by atoms with Gasteiger partial charge in [-0.15, -0.1) is 11.3 Å². The molecule has 11 heteroatoms. The Labute approximate surface area is 228 Å². The van der Waals surface area contributed by atoms with Crippen LogP contribution in [0.2, 0.25) is 0 Å². The predicted octanol–water partition coefficient (Wildman–Crippen LogP) is 4.70. The van der Waals surface area contributed by atoms with Crippen LogP contribution in [0.3, 0.4) is 0 Å². The third-order valence-electron chi connectivity index (χ3n) is 7.00. The number of aryl methyl sites for hydroxylation is 1. The van der Waals surface area contributed by atoms with Gasteiger partial charge in [0.1, 0.15) is 33.5 Å². The molecule has 0 saturated carbocycles. The second kappa shape index (κ2) is 10.9. The number of pyridine rings is 1. The van der Waals surface area contributed by atoms with Gasteiger partial charge in [-0.25, -0.2) is 15.0 Å². The highest BCUT2D eigenvalue weighted by Crippen LogP contribution is 2.43. The van der Waals surface area contributed by atoms with E-state index in [-0.39, 0.29) is 11.7 Å². The lowest BCUT2D eigenvalue weighted by Gasteiger charge is -2.31. The average molecular weight is 552 g/mol. The zero-order chi connectivity index (χ0) is 26.1. The van der Waals surface area contributed by atoms with Crippen molar-refractivity contribution in [2.75, 3.05) is 56.5 Å². The Bertz CT molecular complexity index is 1500. The summed E-state index contributed by atoms with van der Waals surface area (Å²) in [5.41, 5.74) is 4.29. The smallest absolute Gasteiger partial charge is 0.234 e. The number of hydrogen-bond acceptors (Lipinski definition) is 10. The summed E-state index contributed by atoms with van der Waals surface area (Å²) in [4.78, 5) is 30.6. The van der Waals surface area contributed by atoms with E-state index in [0.29, 0.717) is 17.2 Å². The number of carbonyl (C=O) groups excluding carboxylic acids is 1. The van der Waals surface area contributed by atoms with Crippen molar-refractivity contribution in [1.82, 2.24) is 15.0 Å². The van der Waals surface area contributed by atoms with Crippen molar-refractivity contribution < 1.29 is 19.0 Å². The number of methoxy groups -OCH3 is 2. The lowest BCUT2D eigenvalue weighted by atomic mass is 9.90. The van der Waals surface area contributed by atoms with Gasteiger partial charge in [0.05, 0.1) is 49.1 Å². The van der Waals surface area contributed by atoms with Crippen molar-refractivity contribution in [2.24, 2.45) is 0 Å². The van der Waals surface area contributed by atoms with Gasteiger partial charge in [0, 0.05) is 24.5 Å². The lowest BCUT2D eigenvalue weighted by molar-refractivity contribution is -0.113. The highest BCUT2D eigenvalue weighted by Gasteiger charge is 2.26. The van der Waals surface area contributed by atoms with E-state index in [9.17, 15) is 4.79 Å². The van der Waals surface area contributed by atoms with Gasteiger partial charge in [0.25, 0.3) is 0 Å². The Hall–Kier alpha value is -3.15. The average Bonchev–Trinajstić information content (AvgIpc) is 3.35. The summed E-state index contributed by atoms with van der Waals surface area (Å²) in [6.45, 7) is 3.20. The number of anilines is 2. The van der Waals surface area contributed by atoms with Gasteiger partial charge >= 0.3 is 0 Å². The minimum absolute atomic E-state index is 0.142. The van der Waals surface area contributed by atoms with E-state index >= 15 is 0 Å².